The molecule has 0 heterocycles. The van der Waals surface area contributed by atoms with Gasteiger partial charge in [0.1, 0.15) is 0 Å². The normalized spacial score (nSPS) is 22.9. The number of methoxy groups -OCH3 is 2. The first-order valence-electron chi connectivity index (χ1n) is 7.21. The summed E-state index contributed by atoms with van der Waals surface area (Å²) < 4.78 is 10.6. The van der Waals surface area contributed by atoms with Gasteiger partial charge in [-0.05, 0) is 37.6 Å². The molecule has 0 radical (unpaired) electrons. The zero-order chi connectivity index (χ0) is 14.5. The van der Waals surface area contributed by atoms with Crippen LogP contribution in [-0.4, -0.2) is 37.6 Å². The number of rotatable bonds is 5. The Morgan fingerprint density at radius 2 is 1.85 bits per heavy atom. The molecule has 1 aliphatic carbocycles. The molecular weight excluding hydrogens is 274 g/mol. The number of alkyl halides is 1. The summed E-state index contributed by atoms with van der Waals surface area (Å²) in [5.41, 5.74) is 1.22. The number of nitrogens with zero attached hydrogens (tertiary/aromatic N) is 1. The highest BCUT2D eigenvalue weighted by atomic mass is 35.5. The molecular formula is C16H24ClNO2. The Hall–Kier alpha value is -0.930. The van der Waals surface area contributed by atoms with E-state index in [1.807, 2.05) is 12.1 Å². The number of halogens is 1. The Morgan fingerprint density at radius 3 is 2.50 bits per heavy atom. The SMILES string of the molecule is COc1ccc(CN(C)C2CCCCC2Cl)cc1OC. The van der Waals surface area contributed by atoms with Crippen LogP contribution in [0.5, 0.6) is 11.5 Å². The molecule has 0 aliphatic heterocycles. The van der Waals surface area contributed by atoms with E-state index in [9.17, 15) is 0 Å². The van der Waals surface area contributed by atoms with Gasteiger partial charge in [-0.25, -0.2) is 0 Å². The monoisotopic (exact) mass is 297 g/mol. The molecule has 0 spiro atoms. The molecule has 0 bridgehead atoms. The van der Waals surface area contributed by atoms with Crippen molar-refractivity contribution in [2.75, 3.05) is 21.3 Å². The molecule has 20 heavy (non-hydrogen) atoms. The average molecular weight is 298 g/mol. The van der Waals surface area contributed by atoms with Crippen molar-refractivity contribution < 1.29 is 9.47 Å². The summed E-state index contributed by atoms with van der Waals surface area (Å²) in [7, 11) is 5.48. The minimum atomic E-state index is 0.272. The molecule has 2 atom stereocenters. The van der Waals surface area contributed by atoms with E-state index in [1.165, 1.54) is 24.8 Å². The molecule has 0 amide bonds. The van der Waals surface area contributed by atoms with E-state index in [0.717, 1.165) is 24.5 Å². The van der Waals surface area contributed by atoms with Crippen LogP contribution in [0.15, 0.2) is 18.2 Å². The van der Waals surface area contributed by atoms with E-state index >= 15 is 0 Å². The van der Waals surface area contributed by atoms with Crippen molar-refractivity contribution in [1.29, 1.82) is 0 Å². The maximum Gasteiger partial charge on any atom is 0.161 e. The van der Waals surface area contributed by atoms with Crippen molar-refractivity contribution in [1.82, 2.24) is 4.90 Å². The first kappa shape index (κ1) is 15.5. The van der Waals surface area contributed by atoms with E-state index in [2.05, 4.69) is 18.0 Å². The summed E-state index contributed by atoms with van der Waals surface area (Å²) in [6.07, 6.45) is 4.86. The van der Waals surface area contributed by atoms with Crippen molar-refractivity contribution in [2.45, 2.75) is 43.6 Å². The predicted molar refractivity (Wildman–Crippen MR) is 82.9 cm³/mol. The first-order valence-corrected chi connectivity index (χ1v) is 7.64. The molecule has 4 heteroatoms. The van der Waals surface area contributed by atoms with Gasteiger partial charge in [0, 0.05) is 18.0 Å². The first-order chi connectivity index (χ1) is 9.65. The maximum atomic E-state index is 6.46. The van der Waals surface area contributed by atoms with Gasteiger partial charge in [0.15, 0.2) is 11.5 Å². The van der Waals surface area contributed by atoms with Gasteiger partial charge in [-0.3, -0.25) is 4.90 Å². The summed E-state index contributed by atoms with van der Waals surface area (Å²) in [6, 6.07) is 6.56. The van der Waals surface area contributed by atoms with Crippen LogP contribution in [0, 0.1) is 0 Å². The Balaban J connectivity index is 2.05. The van der Waals surface area contributed by atoms with Crippen LogP contribution >= 0.6 is 11.6 Å². The van der Waals surface area contributed by atoms with Gasteiger partial charge in [0.25, 0.3) is 0 Å². The quantitative estimate of drug-likeness (QED) is 0.774. The maximum absolute atomic E-state index is 6.46. The van der Waals surface area contributed by atoms with Crippen molar-refractivity contribution >= 4 is 11.6 Å². The van der Waals surface area contributed by atoms with E-state index in [0.29, 0.717) is 6.04 Å². The smallest absolute Gasteiger partial charge is 0.161 e. The largest absolute Gasteiger partial charge is 0.493 e. The zero-order valence-electron chi connectivity index (χ0n) is 12.6. The number of hydrogen-bond donors (Lipinski definition) is 0. The van der Waals surface area contributed by atoms with Crippen molar-refractivity contribution in [3.05, 3.63) is 23.8 Å². The highest BCUT2D eigenvalue weighted by Gasteiger charge is 2.26. The second-order valence-corrected chi connectivity index (χ2v) is 6.03. The lowest BCUT2D eigenvalue weighted by molar-refractivity contribution is 0.188. The molecule has 0 saturated heterocycles. The number of hydrogen-bond acceptors (Lipinski definition) is 3. The Morgan fingerprint density at radius 1 is 1.15 bits per heavy atom. The Labute approximate surface area is 126 Å². The molecule has 2 unspecified atom stereocenters. The van der Waals surface area contributed by atoms with E-state index in [4.69, 9.17) is 21.1 Å². The zero-order valence-corrected chi connectivity index (χ0v) is 13.3. The molecule has 1 aromatic carbocycles. The standard InChI is InChI=1S/C16H24ClNO2/c1-18(14-7-5-4-6-13(14)17)11-12-8-9-15(19-2)16(10-12)20-3/h8-10,13-14H,4-7,11H2,1-3H3. The van der Waals surface area contributed by atoms with Crippen LogP contribution in [-0.2, 0) is 6.54 Å². The van der Waals surface area contributed by atoms with Gasteiger partial charge in [0.05, 0.1) is 14.2 Å². The topological polar surface area (TPSA) is 21.7 Å². The molecule has 112 valence electrons. The molecule has 3 nitrogen and oxygen atoms in total. The van der Waals surface area contributed by atoms with Gasteiger partial charge in [-0.2, -0.15) is 0 Å². The summed E-state index contributed by atoms with van der Waals surface area (Å²) in [4.78, 5) is 2.36. The summed E-state index contributed by atoms with van der Waals surface area (Å²) in [6.45, 7) is 0.883. The third-order valence-corrected chi connectivity index (χ3v) is 4.60. The van der Waals surface area contributed by atoms with Crippen molar-refractivity contribution in [3.63, 3.8) is 0 Å². The highest BCUT2D eigenvalue weighted by molar-refractivity contribution is 6.21. The lowest BCUT2D eigenvalue weighted by Gasteiger charge is -2.35. The Kier molecular flexibility index (Phi) is 5.55. The third kappa shape index (κ3) is 3.58. The van der Waals surface area contributed by atoms with Crippen LogP contribution in [0.2, 0.25) is 0 Å². The van der Waals surface area contributed by atoms with E-state index in [-0.39, 0.29) is 5.38 Å². The molecule has 1 fully saturated rings. The fourth-order valence-electron chi connectivity index (χ4n) is 2.95. The fraction of sp³-hybridized carbons (Fsp3) is 0.625. The fourth-order valence-corrected chi connectivity index (χ4v) is 3.42. The molecule has 1 saturated carbocycles. The lowest BCUT2D eigenvalue weighted by atomic mass is 9.93. The second kappa shape index (κ2) is 7.19. The molecule has 2 rings (SSSR count). The minimum absolute atomic E-state index is 0.272. The van der Waals surface area contributed by atoms with Crippen LogP contribution in [0.25, 0.3) is 0 Å². The minimum Gasteiger partial charge on any atom is -0.493 e. The summed E-state index contributed by atoms with van der Waals surface area (Å²) >= 11 is 6.46. The van der Waals surface area contributed by atoms with Crippen LogP contribution in [0.4, 0.5) is 0 Å². The van der Waals surface area contributed by atoms with Gasteiger partial charge in [-0.1, -0.05) is 18.9 Å². The lowest BCUT2D eigenvalue weighted by Crippen LogP contribution is -2.40. The van der Waals surface area contributed by atoms with Gasteiger partial charge >= 0.3 is 0 Å². The van der Waals surface area contributed by atoms with Gasteiger partial charge in [0.2, 0.25) is 0 Å². The highest BCUT2D eigenvalue weighted by Crippen LogP contribution is 2.30. The number of benzene rings is 1. The molecule has 0 aromatic heterocycles. The van der Waals surface area contributed by atoms with Crippen LogP contribution in [0.3, 0.4) is 0 Å². The summed E-state index contributed by atoms with van der Waals surface area (Å²) in [5, 5.41) is 0.272. The average Bonchev–Trinajstić information content (AvgIpc) is 2.47. The molecule has 1 aliphatic rings. The van der Waals surface area contributed by atoms with Crippen molar-refractivity contribution in [2.24, 2.45) is 0 Å². The van der Waals surface area contributed by atoms with Crippen LogP contribution < -0.4 is 9.47 Å². The van der Waals surface area contributed by atoms with Crippen LogP contribution in [0.1, 0.15) is 31.2 Å². The number of ether oxygens (including phenoxy) is 2. The van der Waals surface area contributed by atoms with Gasteiger partial charge < -0.3 is 9.47 Å². The second-order valence-electron chi connectivity index (χ2n) is 5.47. The molecule has 1 aromatic rings. The van der Waals surface area contributed by atoms with E-state index < -0.39 is 0 Å². The Bertz CT molecular complexity index is 438. The summed E-state index contributed by atoms with van der Waals surface area (Å²) in [5.74, 6) is 1.55. The van der Waals surface area contributed by atoms with Crippen molar-refractivity contribution in [3.8, 4) is 11.5 Å². The predicted octanol–water partition coefficient (Wildman–Crippen LogP) is 3.69. The van der Waals surface area contributed by atoms with Gasteiger partial charge in [-0.15, -0.1) is 11.6 Å². The third-order valence-electron chi connectivity index (χ3n) is 4.09. The molecule has 0 N–H and O–H groups in total. The van der Waals surface area contributed by atoms with E-state index in [1.54, 1.807) is 14.2 Å².